The molecule has 0 aliphatic carbocycles. The molecule has 0 heterocycles. The minimum absolute atomic E-state index is 0.0842. The molecule has 1 aromatic rings. The quantitative estimate of drug-likeness (QED) is 0.753. The van der Waals surface area contributed by atoms with E-state index in [0.29, 0.717) is 0 Å². The number of amides is 2. The number of carbonyl (C=O) groups excluding carboxylic acids is 3. The van der Waals surface area contributed by atoms with E-state index in [2.05, 4.69) is 10.6 Å². The number of rotatable bonds is 7. The van der Waals surface area contributed by atoms with Crippen LogP contribution in [-0.4, -0.2) is 30.9 Å². The number of carbonyl (C=O) groups is 3. The number of benzene rings is 1. The molecule has 0 saturated heterocycles. The molecule has 0 saturated carbocycles. The van der Waals surface area contributed by atoms with Crippen LogP contribution in [0.1, 0.15) is 32.8 Å². The molecule has 23 heavy (non-hydrogen) atoms. The highest BCUT2D eigenvalue weighted by atomic mass is 16.5. The molecule has 0 radical (unpaired) electrons. The molecular formula is C17H24N2O4. The van der Waals surface area contributed by atoms with Gasteiger partial charge in [0.1, 0.15) is 12.9 Å². The van der Waals surface area contributed by atoms with Crippen molar-refractivity contribution >= 4 is 18.3 Å². The van der Waals surface area contributed by atoms with Gasteiger partial charge in [0.15, 0.2) is 0 Å². The van der Waals surface area contributed by atoms with Crippen molar-refractivity contribution in [1.29, 1.82) is 0 Å². The van der Waals surface area contributed by atoms with E-state index < -0.39 is 12.1 Å². The summed E-state index contributed by atoms with van der Waals surface area (Å²) in [5.41, 5.74) is 0.541. The van der Waals surface area contributed by atoms with Crippen LogP contribution in [0.15, 0.2) is 30.3 Å². The number of nitrogens with one attached hydrogen (secondary N) is 2. The van der Waals surface area contributed by atoms with Crippen LogP contribution in [-0.2, 0) is 20.9 Å². The summed E-state index contributed by atoms with van der Waals surface area (Å²) in [5, 5.41) is 5.14. The first-order chi connectivity index (χ1) is 10.8. The van der Waals surface area contributed by atoms with Gasteiger partial charge >= 0.3 is 6.09 Å². The number of alkyl carbamates (subject to hydrolysis) is 1. The summed E-state index contributed by atoms with van der Waals surface area (Å²) in [7, 11) is 0. The average molecular weight is 320 g/mol. The fourth-order valence-corrected chi connectivity index (χ4v) is 1.75. The fourth-order valence-electron chi connectivity index (χ4n) is 1.75. The Kier molecular flexibility index (Phi) is 7.25. The SMILES string of the molecule is CC(C)(C)C(C=O)NC(=O)CCNC(=O)OCc1ccccc1. The first-order valence-corrected chi connectivity index (χ1v) is 7.52. The van der Waals surface area contributed by atoms with Crippen molar-refractivity contribution in [1.82, 2.24) is 10.6 Å². The number of hydrogen-bond donors (Lipinski definition) is 2. The first-order valence-electron chi connectivity index (χ1n) is 7.52. The minimum Gasteiger partial charge on any atom is -0.445 e. The lowest BCUT2D eigenvalue weighted by Crippen LogP contribution is -2.45. The van der Waals surface area contributed by atoms with Crippen LogP contribution in [0.5, 0.6) is 0 Å². The Labute approximate surface area is 136 Å². The van der Waals surface area contributed by atoms with Gasteiger partial charge in [-0.1, -0.05) is 51.1 Å². The van der Waals surface area contributed by atoms with Crippen molar-refractivity contribution in [3.63, 3.8) is 0 Å². The Bertz CT molecular complexity index is 523. The van der Waals surface area contributed by atoms with E-state index >= 15 is 0 Å². The van der Waals surface area contributed by atoms with Gasteiger partial charge in [-0.15, -0.1) is 0 Å². The highest BCUT2D eigenvalue weighted by Crippen LogP contribution is 2.17. The molecule has 0 aliphatic heterocycles. The van der Waals surface area contributed by atoms with Gasteiger partial charge in [-0.05, 0) is 11.0 Å². The fraction of sp³-hybridized carbons (Fsp3) is 0.471. The Hall–Kier alpha value is -2.37. The summed E-state index contributed by atoms with van der Waals surface area (Å²) in [4.78, 5) is 34.3. The van der Waals surface area contributed by atoms with Gasteiger partial charge in [-0.25, -0.2) is 4.79 Å². The maximum absolute atomic E-state index is 11.8. The first kappa shape index (κ1) is 18.7. The molecule has 0 spiro atoms. The van der Waals surface area contributed by atoms with Crippen LogP contribution < -0.4 is 10.6 Å². The third-order valence-electron chi connectivity index (χ3n) is 3.22. The van der Waals surface area contributed by atoms with E-state index in [0.717, 1.165) is 11.8 Å². The van der Waals surface area contributed by atoms with Crippen LogP contribution in [0.3, 0.4) is 0 Å². The lowest BCUT2D eigenvalue weighted by Gasteiger charge is -2.26. The lowest BCUT2D eigenvalue weighted by molar-refractivity contribution is -0.125. The van der Waals surface area contributed by atoms with E-state index in [1.165, 1.54) is 0 Å². The lowest BCUT2D eigenvalue weighted by atomic mass is 9.87. The van der Waals surface area contributed by atoms with Crippen molar-refractivity contribution in [3.05, 3.63) is 35.9 Å². The summed E-state index contributed by atoms with van der Waals surface area (Å²) < 4.78 is 5.03. The summed E-state index contributed by atoms with van der Waals surface area (Å²) >= 11 is 0. The molecule has 1 atom stereocenters. The standard InChI is InChI=1S/C17H24N2O4/c1-17(2,3)14(11-20)19-15(21)9-10-18-16(22)23-12-13-7-5-4-6-8-13/h4-8,11,14H,9-10,12H2,1-3H3,(H,18,22)(H,19,21). The molecule has 126 valence electrons. The Balaban J connectivity index is 2.24. The molecule has 1 aromatic carbocycles. The number of aldehydes is 1. The maximum atomic E-state index is 11.8. The molecule has 0 bridgehead atoms. The second-order valence-corrected chi connectivity index (χ2v) is 6.29. The van der Waals surface area contributed by atoms with Gasteiger partial charge in [0.05, 0.1) is 6.04 Å². The second kappa shape index (κ2) is 8.92. The zero-order chi connectivity index (χ0) is 17.3. The van der Waals surface area contributed by atoms with Gasteiger partial charge in [0, 0.05) is 13.0 Å². The van der Waals surface area contributed by atoms with Gasteiger partial charge < -0.3 is 20.2 Å². The Morgan fingerprint density at radius 2 is 1.87 bits per heavy atom. The van der Waals surface area contributed by atoms with Crippen molar-refractivity contribution in [2.45, 2.75) is 39.8 Å². The highest BCUT2D eigenvalue weighted by Gasteiger charge is 2.25. The number of hydrogen-bond acceptors (Lipinski definition) is 4. The minimum atomic E-state index is -0.579. The van der Waals surface area contributed by atoms with E-state index in [-0.39, 0.29) is 30.9 Å². The zero-order valence-electron chi connectivity index (χ0n) is 13.8. The maximum Gasteiger partial charge on any atom is 0.407 e. The second-order valence-electron chi connectivity index (χ2n) is 6.29. The smallest absolute Gasteiger partial charge is 0.407 e. The van der Waals surface area contributed by atoms with Gasteiger partial charge in [-0.2, -0.15) is 0 Å². The molecule has 6 nitrogen and oxygen atoms in total. The van der Waals surface area contributed by atoms with Crippen LogP contribution in [0, 0.1) is 5.41 Å². The molecule has 0 aromatic heterocycles. The van der Waals surface area contributed by atoms with E-state index in [1.807, 2.05) is 51.1 Å². The molecule has 1 rings (SSSR count). The van der Waals surface area contributed by atoms with Gasteiger partial charge in [0.2, 0.25) is 5.91 Å². The molecule has 1 unspecified atom stereocenters. The third-order valence-corrected chi connectivity index (χ3v) is 3.22. The normalized spacial score (nSPS) is 12.1. The predicted molar refractivity (Wildman–Crippen MR) is 86.7 cm³/mol. The molecular weight excluding hydrogens is 296 g/mol. The average Bonchev–Trinajstić information content (AvgIpc) is 2.50. The Morgan fingerprint density at radius 1 is 1.22 bits per heavy atom. The largest absolute Gasteiger partial charge is 0.445 e. The molecule has 0 fully saturated rings. The predicted octanol–water partition coefficient (Wildman–Crippen LogP) is 2.03. The summed E-state index contributed by atoms with van der Waals surface area (Å²) in [6.45, 7) is 5.92. The van der Waals surface area contributed by atoms with E-state index in [4.69, 9.17) is 4.74 Å². The monoisotopic (exact) mass is 320 g/mol. The van der Waals surface area contributed by atoms with Crippen molar-refractivity contribution < 1.29 is 19.1 Å². The summed E-state index contributed by atoms with van der Waals surface area (Å²) in [5.74, 6) is -0.291. The topological polar surface area (TPSA) is 84.5 Å². The Morgan fingerprint density at radius 3 is 2.43 bits per heavy atom. The number of ether oxygens (including phenoxy) is 1. The van der Waals surface area contributed by atoms with Crippen molar-refractivity contribution in [2.75, 3.05) is 6.54 Å². The zero-order valence-corrected chi connectivity index (χ0v) is 13.8. The van der Waals surface area contributed by atoms with E-state index in [1.54, 1.807) is 0 Å². The van der Waals surface area contributed by atoms with Gasteiger partial charge in [0.25, 0.3) is 0 Å². The van der Waals surface area contributed by atoms with Crippen LogP contribution in [0.4, 0.5) is 4.79 Å². The summed E-state index contributed by atoms with van der Waals surface area (Å²) in [6.07, 6.45) is 0.227. The molecule has 0 aliphatic rings. The van der Waals surface area contributed by atoms with Crippen LogP contribution in [0.25, 0.3) is 0 Å². The van der Waals surface area contributed by atoms with E-state index in [9.17, 15) is 14.4 Å². The van der Waals surface area contributed by atoms with Gasteiger partial charge in [-0.3, -0.25) is 4.79 Å². The van der Waals surface area contributed by atoms with Crippen molar-refractivity contribution in [3.8, 4) is 0 Å². The van der Waals surface area contributed by atoms with Crippen LogP contribution in [0.2, 0.25) is 0 Å². The van der Waals surface area contributed by atoms with Crippen molar-refractivity contribution in [2.24, 2.45) is 5.41 Å². The summed E-state index contributed by atoms with van der Waals surface area (Å²) in [6, 6.07) is 8.76. The highest BCUT2D eigenvalue weighted by molar-refractivity contribution is 5.80. The third kappa shape index (κ3) is 7.44. The molecule has 6 heteroatoms. The molecule has 2 amide bonds. The van der Waals surface area contributed by atoms with Crippen LogP contribution >= 0.6 is 0 Å². The molecule has 2 N–H and O–H groups in total.